The van der Waals surface area contributed by atoms with Gasteiger partial charge in [-0.15, -0.1) is 0 Å². The van der Waals surface area contributed by atoms with Gasteiger partial charge in [-0.1, -0.05) is 48.0 Å². The van der Waals surface area contributed by atoms with E-state index in [1.165, 1.54) is 24.3 Å². The summed E-state index contributed by atoms with van der Waals surface area (Å²) in [5, 5.41) is 16.5. The molecule has 31 heavy (non-hydrogen) atoms. The fourth-order valence-corrected chi connectivity index (χ4v) is 2.86. The van der Waals surface area contributed by atoms with E-state index in [4.69, 9.17) is 0 Å². The number of nitro benzene ring substituents is 1. The van der Waals surface area contributed by atoms with Gasteiger partial charge in [-0.2, -0.15) is 0 Å². The van der Waals surface area contributed by atoms with Crippen LogP contribution in [0.2, 0.25) is 0 Å². The number of nitrogens with one attached hydrogen (secondary N) is 2. The number of carbonyl (C=O) groups is 2. The topological polar surface area (TPSA) is 101 Å². The van der Waals surface area contributed by atoms with Gasteiger partial charge in [0.15, 0.2) is 0 Å². The lowest BCUT2D eigenvalue weighted by atomic mass is 10.1. The van der Waals surface area contributed by atoms with Crippen LogP contribution in [0.15, 0.2) is 78.5 Å². The SMILES string of the molecule is Cc1ccc(C(=O)NC(=Cc2cccc([N+](=O)[O-])c2)C(=O)Nc2ccccc2C)cc1. The zero-order valence-corrected chi connectivity index (χ0v) is 17.1. The van der Waals surface area contributed by atoms with Crippen molar-refractivity contribution in [1.82, 2.24) is 5.32 Å². The predicted octanol–water partition coefficient (Wildman–Crippen LogP) is 4.62. The Bertz CT molecular complexity index is 1170. The van der Waals surface area contributed by atoms with Crippen LogP contribution in [0.5, 0.6) is 0 Å². The lowest BCUT2D eigenvalue weighted by Crippen LogP contribution is -2.30. The molecule has 3 rings (SSSR count). The maximum atomic E-state index is 13.0. The van der Waals surface area contributed by atoms with Gasteiger partial charge in [-0.05, 0) is 49.2 Å². The number of benzene rings is 3. The van der Waals surface area contributed by atoms with Gasteiger partial charge in [0.05, 0.1) is 4.92 Å². The first kappa shape index (κ1) is 21.4. The van der Waals surface area contributed by atoms with E-state index in [1.54, 1.807) is 42.5 Å². The maximum absolute atomic E-state index is 13.0. The number of carbonyl (C=O) groups excluding carboxylic acids is 2. The van der Waals surface area contributed by atoms with Crippen LogP contribution in [0.4, 0.5) is 11.4 Å². The molecule has 0 aliphatic carbocycles. The number of para-hydroxylation sites is 1. The summed E-state index contributed by atoms with van der Waals surface area (Å²) in [6.07, 6.45) is 1.41. The molecule has 0 aliphatic heterocycles. The minimum Gasteiger partial charge on any atom is -0.320 e. The van der Waals surface area contributed by atoms with E-state index in [0.717, 1.165) is 11.1 Å². The van der Waals surface area contributed by atoms with Crippen molar-refractivity contribution in [1.29, 1.82) is 0 Å². The molecule has 0 aromatic heterocycles. The van der Waals surface area contributed by atoms with E-state index in [9.17, 15) is 19.7 Å². The van der Waals surface area contributed by atoms with Gasteiger partial charge < -0.3 is 10.6 Å². The van der Waals surface area contributed by atoms with Crippen molar-refractivity contribution in [3.63, 3.8) is 0 Å². The molecular weight excluding hydrogens is 394 g/mol. The van der Waals surface area contributed by atoms with Crippen molar-refractivity contribution in [2.45, 2.75) is 13.8 Å². The average Bonchev–Trinajstić information content (AvgIpc) is 2.75. The minimum atomic E-state index is -0.540. The van der Waals surface area contributed by atoms with E-state index in [1.807, 2.05) is 26.0 Å². The molecule has 3 aromatic rings. The second kappa shape index (κ2) is 9.49. The smallest absolute Gasteiger partial charge is 0.272 e. The van der Waals surface area contributed by atoms with Crippen LogP contribution in [0.1, 0.15) is 27.0 Å². The highest BCUT2D eigenvalue weighted by atomic mass is 16.6. The molecule has 7 heteroatoms. The summed E-state index contributed by atoms with van der Waals surface area (Å²) in [5.74, 6) is -1.00. The summed E-state index contributed by atoms with van der Waals surface area (Å²) < 4.78 is 0. The van der Waals surface area contributed by atoms with Gasteiger partial charge in [0.25, 0.3) is 17.5 Å². The largest absolute Gasteiger partial charge is 0.320 e. The molecule has 0 radical (unpaired) electrons. The number of aryl methyl sites for hydroxylation is 2. The van der Waals surface area contributed by atoms with Gasteiger partial charge >= 0.3 is 0 Å². The van der Waals surface area contributed by atoms with Crippen LogP contribution < -0.4 is 10.6 Å². The molecule has 7 nitrogen and oxygen atoms in total. The monoisotopic (exact) mass is 415 g/mol. The highest BCUT2D eigenvalue weighted by Crippen LogP contribution is 2.18. The standard InChI is InChI=1S/C24H21N3O4/c1-16-10-12-19(13-11-16)23(28)26-22(15-18-7-5-8-20(14-18)27(30)31)24(29)25-21-9-4-3-6-17(21)2/h3-15H,1-2H3,(H,25,29)(H,26,28). The van der Waals surface area contributed by atoms with Crippen LogP contribution in [0, 0.1) is 24.0 Å². The molecule has 0 saturated heterocycles. The number of rotatable bonds is 6. The first-order valence-corrected chi connectivity index (χ1v) is 9.54. The van der Waals surface area contributed by atoms with E-state index in [0.29, 0.717) is 16.8 Å². The van der Waals surface area contributed by atoms with E-state index in [-0.39, 0.29) is 11.4 Å². The Morgan fingerprint density at radius 3 is 2.32 bits per heavy atom. The van der Waals surface area contributed by atoms with E-state index >= 15 is 0 Å². The summed E-state index contributed by atoms with van der Waals surface area (Å²) in [6, 6.07) is 20.0. The fraction of sp³-hybridized carbons (Fsp3) is 0.0833. The highest BCUT2D eigenvalue weighted by molar-refractivity contribution is 6.10. The fourth-order valence-electron chi connectivity index (χ4n) is 2.86. The summed E-state index contributed by atoms with van der Waals surface area (Å²) in [7, 11) is 0. The first-order valence-electron chi connectivity index (χ1n) is 9.54. The van der Waals surface area contributed by atoms with Crippen LogP contribution >= 0.6 is 0 Å². The molecule has 0 aliphatic rings. The van der Waals surface area contributed by atoms with Crippen molar-refractivity contribution in [2.75, 3.05) is 5.32 Å². The van der Waals surface area contributed by atoms with Gasteiger partial charge in [-0.25, -0.2) is 0 Å². The molecular formula is C24H21N3O4. The van der Waals surface area contributed by atoms with Gasteiger partial charge in [-0.3, -0.25) is 19.7 Å². The number of hydrogen-bond acceptors (Lipinski definition) is 4. The first-order chi connectivity index (χ1) is 14.8. The summed E-state index contributed by atoms with van der Waals surface area (Å²) in [4.78, 5) is 36.3. The molecule has 0 heterocycles. The highest BCUT2D eigenvalue weighted by Gasteiger charge is 2.16. The number of amides is 2. The lowest BCUT2D eigenvalue weighted by molar-refractivity contribution is -0.384. The average molecular weight is 415 g/mol. The van der Waals surface area contributed by atoms with Crippen molar-refractivity contribution in [2.24, 2.45) is 0 Å². The molecule has 0 fully saturated rings. The van der Waals surface area contributed by atoms with Gasteiger partial charge in [0, 0.05) is 23.4 Å². The number of nitro groups is 1. The molecule has 0 atom stereocenters. The molecule has 3 aromatic carbocycles. The summed E-state index contributed by atoms with van der Waals surface area (Å²) >= 11 is 0. The Hall–Kier alpha value is -4.26. The molecule has 156 valence electrons. The summed E-state index contributed by atoms with van der Waals surface area (Å²) in [6.45, 7) is 3.76. The minimum absolute atomic E-state index is 0.0330. The Balaban J connectivity index is 1.94. The Labute approximate surface area is 179 Å². The van der Waals surface area contributed by atoms with Crippen molar-refractivity contribution < 1.29 is 14.5 Å². The van der Waals surface area contributed by atoms with Gasteiger partial charge in [0.2, 0.25) is 0 Å². The Kier molecular flexibility index (Phi) is 6.57. The zero-order chi connectivity index (χ0) is 22.4. The van der Waals surface area contributed by atoms with Crippen molar-refractivity contribution >= 4 is 29.3 Å². The lowest BCUT2D eigenvalue weighted by Gasteiger charge is -2.13. The third-order valence-electron chi connectivity index (χ3n) is 4.59. The second-order valence-corrected chi connectivity index (χ2v) is 7.00. The molecule has 2 N–H and O–H groups in total. The van der Waals surface area contributed by atoms with Crippen LogP contribution in [-0.2, 0) is 4.79 Å². The van der Waals surface area contributed by atoms with E-state index in [2.05, 4.69) is 10.6 Å². The maximum Gasteiger partial charge on any atom is 0.272 e. The number of hydrogen-bond donors (Lipinski definition) is 2. The van der Waals surface area contributed by atoms with Crippen LogP contribution in [-0.4, -0.2) is 16.7 Å². The van der Waals surface area contributed by atoms with Crippen LogP contribution in [0.25, 0.3) is 6.08 Å². The molecule has 0 bridgehead atoms. The number of anilines is 1. The van der Waals surface area contributed by atoms with Gasteiger partial charge in [0.1, 0.15) is 5.70 Å². The molecule has 0 unspecified atom stereocenters. The number of nitrogens with zero attached hydrogens (tertiary/aromatic N) is 1. The Morgan fingerprint density at radius 2 is 1.65 bits per heavy atom. The molecule has 0 saturated carbocycles. The Morgan fingerprint density at radius 1 is 0.935 bits per heavy atom. The zero-order valence-electron chi connectivity index (χ0n) is 17.1. The predicted molar refractivity (Wildman–Crippen MR) is 120 cm³/mol. The van der Waals surface area contributed by atoms with Crippen LogP contribution in [0.3, 0.4) is 0 Å². The second-order valence-electron chi connectivity index (χ2n) is 7.00. The van der Waals surface area contributed by atoms with Crippen molar-refractivity contribution in [3.8, 4) is 0 Å². The third kappa shape index (κ3) is 5.63. The number of non-ortho nitro benzene ring substituents is 1. The summed E-state index contributed by atoms with van der Waals surface area (Å²) in [5.41, 5.74) is 3.11. The normalized spacial score (nSPS) is 11.0. The molecule has 2 amide bonds. The van der Waals surface area contributed by atoms with Crippen molar-refractivity contribution in [3.05, 3.63) is 111 Å². The quantitative estimate of drug-likeness (QED) is 0.348. The third-order valence-corrected chi connectivity index (χ3v) is 4.59. The molecule has 0 spiro atoms. The van der Waals surface area contributed by atoms with E-state index < -0.39 is 16.7 Å².